The zero-order chi connectivity index (χ0) is 19.9. The fourth-order valence-electron chi connectivity index (χ4n) is 2.79. The van der Waals surface area contributed by atoms with Crippen molar-refractivity contribution in [3.63, 3.8) is 0 Å². The number of halogens is 3. The summed E-state index contributed by atoms with van der Waals surface area (Å²) >= 11 is 0. The third kappa shape index (κ3) is 4.71. The second-order valence-electron chi connectivity index (χ2n) is 6.15. The fraction of sp³-hybridized carbons (Fsp3) is 0.450. The van der Waals surface area contributed by atoms with Crippen LogP contribution in [0.15, 0.2) is 54.3 Å². The zero-order valence-electron chi connectivity index (χ0n) is 15.3. The van der Waals surface area contributed by atoms with Crippen LogP contribution in [0.2, 0.25) is 0 Å². The summed E-state index contributed by atoms with van der Waals surface area (Å²) in [6.45, 7) is 1.66. The molecule has 2 rings (SSSR count). The monoisotopic (exact) mass is 384 g/mol. The Balaban J connectivity index is 2.20. The van der Waals surface area contributed by atoms with Gasteiger partial charge in [0.05, 0.1) is 6.26 Å². The lowest BCUT2D eigenvalue weighted by atomic mass is 9.92. The van der Waals surface area contributed by atoms with Gasteiger partial charge >= 0.3 is 12.1 Å². The van der Waals surface area contributed by atoms with Crippen molar-refractivity contribution in [2.75, 3.05) is 13.7 Å². The molecule has 0 bridgehead atoms. The molecule has 4 nitrogen and oxygen atoms in total. The van der Waals surface area contributed by atoms with Gasteiger partial charge in [-0.25, -0.2) is 4.79 Å². The van der Waals surface area contributed by atoms with Gasteiger partial charge in [-0.3, -0.25) is 0 Å². The summed E-state index contributed by atoms with van der Waals surface area (Å²) < 4.78 is 56.7. The van der Waals surface area contributed by atoms with Gasteiger partial charge < -0.3 is 14.2 Å². The van der Waals surface area contributed by atoms with Gasteiger partial charge in [-0.1, -0.05) is 43.3 Å². The maximum atomic E-state index is 13.8. The standard InChI is InChI=1S/C20H23F3O4/c1-3-17-12-8-7-9-15(13-26-17)14-27-18(24)19(25-2,20(21,22)23)16-10-5-4-6-11-16/h4-6,8,10-13,17H,3,7,9,14H2,1-2H3/b12-8-,15-13+/t17-,19?/m1/s1. The lowest BCUT2D eigenvalue weighted by Gasteiger charge is -2.32. The summed E-state index contributed by atoms with van der Waals surface area (Å²) in [6, 6.07) is 6.75. The van der Waals surface area contributed by atoms with Gasteiger partial charge in [0.1, 0.15) is 12.7 Å². The molecule has 0 amide bonds. The topological polar surface area (TPSA) is 44.8 Å². The van der Waals surface area contributed by atoms with Gasteiger partial charge in [0.25, 0.3) is 5.60 Å². The number of allylic oxidation sites excluding steroid dienone is 1. The summed E-state index contributed by atoms with van der Waals surface area (Å²) in [5.41, 5.74) is -2.91. The maximum Gasteiger partial charge on any atom is 0.432 e. The van der Waals surface area contributed by atoms with E-state index >= 15 is 0 Å². The van der Waals surface area contributed by atoms with Crippen LogP contribution in [0.5, 0.6) is 0 Å². The third-order valence-electron chi connectivity index (χ3n) is 4.36. The molecule has 0 aliphatic carbocycles. The van der Waals surface area contributed by atoms with Gasteiger partial charge in [-0.2, -0.15) is 13.2 Å². The Morgan fingerprint density at radius 2 is 1.96 bits per heavy atom. The van der Waals surface area contributed by atoms with Crippen molar-refractivity contribution in [1.82, 2.24) is 0 Å². The highest BCUT2D eigenvalue weighted by Gasteiger charge is 2.64. The van der Waals surface area contributed by atoms with Crippen molar-refractivity contribution < 1.29 is 32.2 Å². The molecule has 2 atom stereocenters. The Morgan fingerprint density at radius 3 is 2.56 bits per heavy atom. The molecule has 148 valence electrons. The Hall–Kier alpha value is -2.28. The highest BCUT2D eigenvalue weighted by atomic mass is 19.4. The minimum Gasteiger partial charge on any atom is -0.494 e. The molecule has 1 aromatic carbocycles. The molecule has 0 N–H and O–H groups in total. The molecule has 1 aromatic rings. The smallest absolute Gasteiger partial charge is 0.432 e. The van der Waals surface area contributed by atoms with Crippen molar-refractivity contribution in [3.05, 3.63) is 59.9 Å². The Labute approximate surface area is 156 Å². The number of benzene rings is 1. The molecule has 0 spiro atoms. The lowest BCUT2D eigenvalue weighted by Crippen LogP contribution is -2.51. The number of methoxy groups -OCH3 is 1. The Bertz CT molecular complexity index is 682. The number of carbonyl (C=O) groups is 1. The van der Waals surface area contributed by atoms with Gasteiger partial charge in [-0.15, -0.1) is 0 Å². The molecule has 1 aliphatic heterocycles. The molecule has 0 saturated heterocycles. The van der Waals surface area contributed by atoms with Gasteiger partial charge in [0, 0.05) is 18.2 Å². The first-order chi connectivity index (χ1) is 12.8. The van der Waals surface area contributed by atoms with Crippen LogP contribution in [-0.4, -0.2) is 32.0 Å². The SMILES string of the molecule is CC[C@@H]1/C=C\CC/C(COC(=O)C(OC)(c2ccccc2)C(F)(F)F)=C\O1. The van der Waals surface area contributed by atoms with Crippen LogP contribution in [0.3, 0.4) is 0 Å². The number of hydrogen-bond donors (Lipinski definition) is 0. The first-order valence-electron chi connectivity index (χ1n) is 8.69. The van der Waals surface area contributed by atoms with E-state index in [2.05, 4.69) is 0 Å². The van der Waals surface area contributed by atoms with E-state index in [0.29, 0.717) is 18.4 Å². The average Bonchev–Trinajstić information content (AvgIpc) is 2.62. The Kier molecular flexibility index (Phi) is 7.07. The quantitative estimate of drug-likeness (QED) is 0.528. The molecule has 1 unspecified atom stereocenters. The van der Waals surface area contributed by atoms with Gasteiger partial charge in [-0.05, 0) is 25.3 Å². The van der Waals surface area contributed by atoms with Crippen molar-refractivity contribution in [1.29, 1.82) is 0 Å². The number of ether oxygens (including phenoxy) is 3. The van der Waals surface area contributed by atoms with Gasteiger partial charge in [0.15, 0.2) is 0 Å². The average molecular weight is 384 g/mol. The van der Waals surface area contributed by atoms with E-state index in [0.717, 1.165) is 13.5 Å². The molecular formula is C20H23F3O4. The van der Waals surface area contributed by atoms with E-state index in [1.165, 1.54) is 30.5 Å². The molecule has 1 heterocycles. The number of alkyl halides is 3. The summed E-state index contributed by atoms with van der Waals surface area (Å²) in [5, 5.41) is 0. The highest BCUT2D eigenvalue weighted by molar-refractivity contribution is 5.82. The van der Waals surface area contributed by atoms with E-state index in [1.54, 1.807) is 6.07 Å². The molecule has 0 saturated carbocycles. The van der Waals surface area contributed by atoms with Crippen LogP contribution in [0.25, 0.3) is 0 Å². The van der Waals surface area contributed by atoms with E-state index in [-0.39, 0.29) is 18.3 Å². The molecule has 1 aliphatic rings. The third-order valence-corrected chi connectivity index (χ3v) is 4.36. The fourth-order valence-corrected chi connectivity index (χ4v) is 2.79. The summed E-state index contributed by atoms with van der Waals surface area (Å²) in [6.07, 6.45) is 2.24. The van der Waals surface area contributed by atoms with Crippen molar-refractivity contribution in [2.45, 2.75) is 44.1 Å². The van der Waals surface area contributed by atoms with Gasteiger partial charge in [0.2, 0.25) is 0 Å². The zero-order valence-corrected chi connectivity index (χ0v) is 15.3. The van der Waals surface area contributed by atoms with E-state index in [4.69, 9.17) is 14.2 Å². The van der Waals surface area contributed by atoms with Crippen LogP contribution in [0, 0.1) is 0 Å². The normalized spacial score (nSPS) is 23.0. The summed E-state index contributed by atoms with van der Waals surface area (Å²) in [7, 11) is 0.844. The van der Waals surface area contributed by atoms with Crippen molar-refractivity contribution in [2.24, 2.45) is 0 Å². The lowest BCUT2D eigenvalue weighted by molar-refractivity contribution is -0.276. The molecule has 0 fully saturated rings. The molecule has 0 radical (unpaired) electrons. The number of carbonyl (C=O) groups excluding carboxylic acids is 1. The number of esters is 1. The number of hydrogen-bond acceptors (Lipinski definition) is 4. The molecular weight excluding hydrogens is 361 g/mol. The van der Waals surface area contributed by atoms with Crippen LogP contribution in [-0.2, 0) is 24.6 Å². The van der Waals surface area contributed by atoms with Crippen LogP contribution >= 0.6 is 0 Å². The second-order valence-corrected chi connectivity index (χ2v) is 6.15. The summed E-state index contributed by atoms with van der Waals surface area (Å²) in [4.78, 5) is 12.5. The largest absolute Gasteiger partial charge is 0.494 e. The second kappa shape index (κ2) is 9.08. The van der Waals surface area contributed by atoms with E-state index < -0.39 is 17.7 Å². The first kappa shape index (κ1) is 21.0. The highest BCUT2D eigenvalue weighted by Crippen LogP contribution is 2.43. The van der Waals surface area contributed by atoms with Crippen LogP contribution in [0.4, 0.5) is 13.2 Å². The van der Waals surface area contributed by atoms with Crippen LogP contribution in [0.1, 0.15) is 31.7 Å². The predicted octanol–water partition coefficient (Wildman–Crippen LogP) is 4.66. The minimum atomic E-state index is -4.98. The van der Waals surface area contributed by atoms with Crippen molar-refractivity contribution >= 4 is 5.97 Å². The Morgan fingerprint density at radius 1 is 1.26 bits per heavy atom. The molecule has 27 heavy (non-hydrogen) atoms. The summed E-state index contributed by atoms with van der Waals surface area (Å²) in [5.74, 6) is -1.51. The predicted molar refractivity (Wildman–Crippen MR) is 93.8 cm³/mol. The van der Waals surface area contributed by atoms with Crippen molar-refractivity contribution in [3.8, 4) is 0 Å². The molecule has 0 aromatic heterocycles. The maximum absolute atomic E-state index is 13.8. The minimum absolute atomic E-state index is 0.103. The van der Waals surface area contributed by atoms with E-state index in [9.17, 15) is 18.0 Å². The van der Waals surface area contributed by atoms with Crippen LogP contribution < -0.4 is 0 Å². The van der Waals surface area contributed by atoms with E-state index in [1.807, 2.05) is 19.1 Å². The number of rotatable bonds is 6. The first-order valence-corrected chi connectivity index (χ1v) is 8.69. The molecule has 7 heteroatoms.